The predicted molar refractivity (Wildman–Crippen MR) is 92.9 cm³/mol. The molecule has 0 N–H and O–H groups in total. The van der Waals surface area contributed by atoms with Crippen LogP contribution in [0.2, 0.25) is 5.02 Å². The average molecular weight is 350 g/mol. The minimum Gasteiger partial charge on any atom is -0.489 e. The van der Waals surface area contributed by atoms with Crippen LogP contribution >= 0.6 is 11.6 Å². The first-order valence-corrected chi connectivity index (χ1v) is 8.43. The quantitative estimate of drug-likeness (QED) is 0.777. The van der Waals surface area contributed by atoms with Crippen molar-refractivity contribution in [2.45, 2.75) is 25.7 Å². The normalized spacial score (nSPS) is 18.0. The van der Waals surface area contributed by atoms with Crippen LogP contribution in [0, 0.1) is 5.82 Å². The summed E-state index contributed by atoms with van der Waals surface area (Å²) in [4.78, 5) is 2.36. The van der Waals surface area contributed by atoms with Crippen LogP contribution in [0.4, 0.5) is 4.39 Å². The van der Waals surface area contributed by atoms with Gasteiger partial charge in [0.2, 0.25) is 0 Å². The van der Waals surface area contributed by atoms with Gasteiger partial charge in [0.15, 0.2) is 0 Å². The van der Waals surface area contributed by atoms with Crippen LogP contribution in [-0.2, 0) is 17.9 Å². The Labute approximate surface area is 146 Å². The van der Waals surface area contributed by atoms with E-state index in [4.69, 9.17) is 21.1 Å². The van der Waals surface area contributed by atoms with Gasteiger partial charge in [0, 0.05) is 32.3 Å². The van der Waals surface area contributed by atoms with E-state index >= 15 is 0 Å². The van der Waals surface area contributed by atoms with Gasteiger partial charge in [-0.25, -0.2) is 4.39 Å². The number of nitrogens with zero attached hydrogens (tertiary/aromatic N) is 1. The van der Waals surface area contributed by atoms with E-state index in [1.807, 2.05) is 18.2 Å². The van der Waals surface area contributed by atoms with Crippen LogP contribution in [0.25, 0.3) is 0 Å². The highest BCUT2D eigenvalue weighted by atomic mass is 35.5. The van der Waals surface area contributed by atoms with Crippen molar-refractivity contribution in [3.05, 3.63) is 64.4 Å². The zero-order valence-corrected chi connectivity index (χ0v) is 14.4. The van der Waals surface area contributed by atoms with Gasteiger partial charge >= 0.3 is 0 Å². The summed E-state index contributed by atoms with van der Waals surface area (Å²) in [6.45, 7) is 2.96. The second-order valence-corrected chi connectivity index (χ2v) is 6.42. The van der Waals surface area contributed by atoms with E-state index in [-0.39, 0.29) is 12.4 Å². The van der Waals surface area contributed by atoms with Gasteiger partial charge in [0.25, 0.3) is 0 Å². The zero-order chi connectivity index (χ0) is 16.9. The second-order valence-electron chi connectivity index (χ2n) is 6.02. The van der Waals surface area contributed by atoms with Crippen LogP contribution in [0.15, 0.2) is 42.5 Å². The maximum absolute atomic E-state index is 13.8. The highest BCUT2D eigenvalue weighted by Gasteiger charge is 2.21. The Morgan fingerprint density at radius 3 is 2.83 bits per heavy atom. The molecule has 0 radical (unpaired) electrons. The molecule has 1 heterocycles. The van der Waals surface area contributed by atoms with Crippen LogP contribution in [0.5, 0.6) is 5.75 Å². The van der Waals surface area contributed by atoms with Gasteiger partial charge in [-0.3, -0.25) is 4.90 Å². The number of benzene rings is 2. The third-order valence-electron chi connectivity index (χ3n) is 4.31. The first-order valence-electron chi connectivity index (χ1n) is 8.05. The number of ether oxygens (including phenoxy) is 2. The molecule has 2 aromatic carbocycles. The summed E-state index contributed by atoms with van der Waals surface area (Å²) in [5, 5.41) is 0.383. The molecule has 0 amide bonds. The van der Waals surface area contributed by atoms with Crippen LogP contribution in [-0.4, -0.2) is 31.2 Å². The van der Waals surface area contributed by atoms with Crippen molar-refractivity contribution in [2.24, 2.45) is 0 Å². The van der Waals surface area contributed by atoms with Crippen LogP contribution in [0.1, 0.15) is 17.5 Å². The summed E-state index contributed by atoms with van der Waals surface area (Å²) in [7, 11) is 1.76. The Kier molecular flexibility index (Phi) is 5.72. The number of rotatable bonds is 6. The molecule has 0 saturated carbocycles. The predicted octanol–water partition coefficient (Wildman–Crippen LogP) is 4.28. The largest absolute Gasteiger partial charge is 0.489 e. The molecular formula is C19H21ClFNO2. The van der Waals surface area contributed by atoms with Gasteiger partial charge in [-0.1, -0.05) is 29.8 Å². The minimum atomic E-state index is -0.346. The highest BCUT2D eigenvalue weighted by Crippen LogP contribution is 2.23. The molecule has 3 nitrogen and oxygen atoms in total. The van der Waals surface area contributed by atoms with E-state index in [1.165, 1.54) is 11.6 Å². The lowest BCUT2D eigenvalue weighted by Crippen LogP contribution is -2.22. The van der Waals surface area contributed by atoms with Gasteiger partial charge in [-0.05, 0) is 36.2 Å². The van der Waals surface area contributed by atoms with Crippen molar-refractivity contribution < 1.29 is 13.9 Å². The maximum Gasteiger partial charge on any atom is 0.131 e. The van der Waals surface area contributed by atoms with E-state index in [0.29, 0.717) is 22.4 Å². The molecule has 1 saturated heterocycles. The third kappa shape index (κ3) is 4.26. The molecule has 0 bridgehead atoms. The van der Waals surface area contributed by atoms with E-state index < -0.39 is 0 Å². The molecule has 128 valence electrons. The number of halogens is 2. The minimum absolute atomic E-state index is 0.115. The Bertz CT molecular complexity index is 675. The summed E-state index contributed by atoms with van der Waals surface area (Å²) in [6.07, 6.45) is 1.39. The molecule has 0 aliphatic carbocycles. The van der Waals surface area contributed by atoms with Gasteiger partial charge in [0.05, 0.1) is 11.1 Å². The lowest BCUT2D eigenvalue weighted by Gasteiger charge is -2.16. The SMILES string of the molecule is CO[C@H]1CCN(Cc2cccc(OCc3c(F)cccc3Cl)c2)C1. The average Bonchev–Trinajstić information content (AvgIpc) is 3.02. The van der Waals surface area contributed by atoms with Crippen molar-refractivity contribution >= 4 is 11.6 Å². The lowest BCUT2D eigenvalue weighted by molar-refractivity contribution is 0.107. The molecule has 5 heteroatoms. The van der Waals surface area contributed by atoms with E-state index in [2.05, 4.69) is 11.0 Å². The monoisotopic (exact) mass is 349 g/mol. The van der Waals surface area contributed by atoms with Crippen molar-refractivity contribution in [1.29, 1.82) is 0 Å². The topological polar surface area (TPSA) is 21.7 Å². The fourth-order valence-electron chi connectivity index (χ4n) is 2.95. The molecule has 1 fully saturated rings. The lowest BCUT2D eigenvalue weighted by atomic mass is 10.2. The fourth-order valence-corrected chi connectivity index (χ4v) is 3.17. The number of methoxy groups -OCH3 is 1. The van der Waals surface area contributed by atoms with Gasteiger partial charge < -0.3 is 9.47 Å². The van der Waals surface area contributed by atoms with Crippen molar-refractivity contribution in [3.63, 3.8) is 0 Å². The summed E-state index contributed by atoms with van der Waals surface area (Å²) in [5.74, 6) is 0.371. The summed E-state index contributed by atoms with van der Waals surface area (Å²) >= 11 is 6.03. The molecule has 0 aromatic heterocycles. The molecule has 24 heavy (non-hydrogen) atoms. The summed E-state index contributed by atoms with van der Waals surface area (Å²) in [6, 6.07) is 12.5. The summed E-state index contributed by atoms with van der Waals surface area (Å²) < 4.78 is 24.9. The number of hydrogen-bond acceptors (Lipinski definition) is 3. The second kappa shape index (κ2) is 7.97. The number of likely N-dealkylation sites (tertiary alicyclic amines) is 1. The van der Waals surface area contributed by atoms with E-state index in [1.54, 1.807) is 19.2 Å². The smallest absolute Gasteiger partial charge is 0.131 e. The summed E-state index contributed by atoms with van der Waals surface area (Å²) in [5.41, 5.74) is 1.55. The van der Waals surface area contributed by atoms with E-state index in [0.717, 1.165) is 26.1 Å². The molecular weight excluding hydrogens is 329 g/mol. The molecule has 1 aliphatic rings. The fraction of sp³-hybridized carbons (Fsp3) is 0.368. The van der Waals surface area contributed by atoms with Crippen LogP contribution in [0.3, 0.4) is 0 Å². The molecule has 1 aliphatic heterocycles. The molecule has 3 rings (SSSR count). The molecule has 0 spiro atoms. The van der Waals surface area contributed by atoms with Crippen molar-refractivity contribution in [2.75, 3.05) is 20.2 Å². The molecule has 1 atom stereocenters. The zero-order valence-electron chi connectivity index (χ0n) is 13.7. The first kappa shape index (κ1) is 17.2. The Balaban J connectivity index is 1.61. The Hall–Kier alpha value is -1.62. The first-order chi connectivity index (χ1) is 11.7. The highest BCUT2D eigenvalue weighted by molar-refractivity contribution is 6.31. The van der Waals surface area contributed by atoms with Gasteiger partial charge in [-0.2, -0.15) is 0 Å². The van der Waals surface area contributed by atoms with Crippen molar-refractivity contribution in [3.8, 4) is 5.75 Å². The van der Waals surface area contributed by atoms with Crippen molar-refractivity contribution in [1.82, 2.24) is 4.90 Å². The Morgan fingerprint density at radius 2 is 2.08 bits per heavy atom. The number of hydrogen-bond donors (Lipinski definition) is 0. The van der Waals surface area contributed by atoms with Gasteiger partial charge in [-0.15, -0.1) is 0 Å². The van der Waals surface area contributed by atoms with Crippen LogP contribution < -0.4 is 4.74 Å². The van der Waals surface area contributed by atoms with E-state index in [9.17, 15) is 4.39 Å². The standard InChI is InChI=1S/C19H21ClFNO2/c1-23-16-8-9-22(12-16)11-14-4-2-5-15(10-14)24-13-17-18(20)6-3-7-19(17)21/h2-7,10,16H,8-9,11-13H2,1H3/t16-/m0/s1. The third-order valence-corrected chi connectivity index (χ3v) is 4.67. The van der Waals surface area contributed by atoms with Gasteiger partial charge in [0.1, 0.15) is 18.2 Å². The molecule has 0 unspecified atom stereocenters. The Morgan fingerprint density at radius 1 is 1.25 bits per heavy atom. The maximum atomic E-state index is 13.8. The molecule has 2 aromatic rings.